The molecule has 1 aliphatic heterocycles. The predicted octanol–water partition coefficient (Wildman–Crippen LogP) is 2.71. The standard InChI is InChI=1S/C17H26FN3O2/c1-3-11-23-12-10-20-6-8-21(9-7-20)17(22)19-16-5-4-15(18)13-14(16)2/h4-5,13H,3,6-12H2,1-2H3,(H,19,22). The van der Waals surface area contributed by atoms with Gasteiger partial charge in [0, 0.05) is 45.0 Å². The van der Waals surface area contributed by atoms with Gasteiger partial charge in [0.1, 0.15) is 5.82 Å². The monoisotopic (exact) mass is 323 g/mol. The van der Waals surface area contributed by atoms with Gasteiger partial charge in [-0.1, -0.05) is 6.92 Å². The predicted molar refractivity (Wildman–Crippen MR) is 89.3 cm³/mol. The summed E-state index contributed by atoms with van der Waals surface area (Å²) in [6, 6.07) is 4.26. The molecule has 1 saturated heterocycles. The minimum absolute atomic E-state index is 0.124. The van der Waals surface area contributed by atoms with Crippen LogP contribution in [0, 0.1) is 12.7 Å². The van der Waals surface area contributed by atoms with Crippen molar-refractivity contribution in [2.45, 2.75) is 20.3 Å². The van der Waals surface area contributed by atoms with E-state index in [1.54, 1.807) is 17.9 Å². The minimum Gasteiger partial charge on any atom is -0.380 e. The Bertz CT molecular complexity index is 517. The van der Waals surface area contributed by atoms with Crippen LogP contribution in [0.25, 0.3) is 0 Å². The first-order chi connectivity index (χ1) is 11.1. The number of carbonyl (C=O) groups is 1. The highest BCUT2D eigenvalue weighted by molar-refractivity contribution is 5.90. The molecule has 1 aromatic rings. The number of anilines is 1. The first-order valence-corrected chi connectivity index (χ1v) is 8.22. The molecule has 1 fully saturated rings. The first kappa shape index (κ1) is 17.7. The maximum absolute atomic E-state index is 13.1. The molecular weight excluding hydrogens is 297 g/mol. The van der Waals surface area contributed by atoms with Crippen LogP contribution in [0.2, 0.25) is 0 Å². The van der Waals surface area contributed by atoms with Gasteiger partial charge in [-0.25, -0.2) is 9.18 Å². The molecule has 0 unspecified atom stereocenters. The second-order valence-corrected chi connectivity index (χ2v) is 5.83. The molecule has 0 saturated carbocycles. The van der Waals surface area contributed by atoms with E-state index in [2.05, 4.69) is 17.1 Å². The molecule has 0 aliphatic carbocycles. The highest BCUT2D eigenvalue weighted by atomic mass is 19.1. The van der Waals surface area contributed by atoms with Crippen molar-refractivity contribution >= 4 is 11.7 Å². The number of amides is 2. The number of benzene rings is 1. The Balaban J connectivity index is 1.75. The van der Waals surface area contributed by atoms with E-state index in [1.165, 1.54) is 12.1 Å². The summed E-state index contributed by atoms with van der Waals surface area (Å²) in [5, 5.41) is 2.86. The third-order valence-electron chi connectivity index (χ3n) is 3.99. The van der Waals surface area contributed by atoms with Gasteiger partial charge in [-0.15, -0.1) is 0 Å². The van der Waals surface area contributed by atoms with Gasteiger partial charge in [0.15, 0.2) is 0 Å². The second-order valence-electron chi connectivity index (χ2n) is 5.83. The molecule has 0 radical (unpaired) electrons. The van der Waals surface area contributed by atoms with Gasteiger partial charge in [-0.2, -0.15) is 0 Å². The van der Waals surface area contributed by atoms with Gasteiger partial charge in [-0.05, 0) is 37.1 Å². The molecule has 0 spiro atoms. The molecule has 5 nitrogen and oxygen atoms in total. The van der Waals surface area contributed by atoms with E-state index in [0.717, 1.165) is 44.8 Å². The molecule has 2 amide bonds. The third-order valence-corrected chi connectivity index (χ3v) is 3.99. The smallest absolute Gasteiger partial charge is 0.321 e. The minimum atomic E-state index is -0.292. The van der Waals surface area contributed by atoms with Gasteiger partial charge in [0.25, 0.3) is 0 Å². The van der Waals surface area contributed by atoms with Gasteiger partial charge < -0.3 is 15.0 Å². The molecule has 1 aliphatic rings. The molecule has 1 N–H and O–H groups in total. The van der Waals surface area contributed by atoms with E-state index in [-0.39, 0.29) is 11.8 Å². The third kappa shape index (κ3) is 5.48. The van der Waals surface area contributed by atoms with Crippen molar-refractivity contribution in [1.82, 2.24) is 9.80 Å². The van der Waals surface area contributed by atoms with Crippen LogP contribution >= 0.6 is 0 Å². The Morgan fingerprint density at radius 3 is 2.65 bits per heavy atom. The first-order valence-electron chi connectivity index (χ1n) is 8.22. The number of nitrogens with one attached hydrogen (secondary N) is 1. The summed E-state index contributed by atoms with van der Waals surface area (Å²) in [5.41, 5.74) is 1.39. The number of urea groups is 1. The number of rotatable bonds is 6. The highest BCUT2D eigenvalue weighted by Gasteiger charge is 2.21. The fourth-order valence-electron chi connectivity index (χ4n) is 2.58. The number of hydrogen-bond acceptors (Lipinski definition) is 3. The average molecular weight is 323 g/mol. The maximum Gasteiger partial charge on any atom is 0.321 e. The van der Waals surface area contributed by atoms with E-state index in [1.807, 2.05) is 0 Å². The van der Waals surface area contributed by atoms with Crippen molar-refractivity contribution in [2.75, 3.05) is 51.3 Å². The molecule has 1 aromatic carbocycles. The lowest BCUT2D eigenvalue weighted by Gasteiger charge is -2.34. The highest BCUT2D eigenvalue weighted by Crippen LogP contribution is 2.16. The molecule has 128 valence electrons. The molecule has 6 heteroatoms. The van der Waals surface area contributed by atoms with Gasteiger partial charge in [-0.3, -0.25) is 4.90 Å². The zero-order valence-corrected chi connectivity index (χ0v) is 14.0. The van der Waals surface area contributed by atoms with Crippen LogP contribution in [0.5, 0.6) is 0 Å². The summed E-state index contributed by atoms with van der Waals surface area (Å²) >= 11 is 0. The van der Waals surface area contributed by atoms with Crippen molar-refractivity contribution in [1.29, 1.82) is 0 Å². The maximum atomic E-state index is 13.1. The van der Waals surface area contributed by atoms with Crippen molar-refractivity contribution in [3.8, 4) is 0 Å². The van der Waals surface area contributed by atoms with Crippen molar-refractivity contribution < 1.29 is 13.9 Å². The van der Waals surface area contributed by atoms with Crippen LogP contribution in [0.3, 0.4) is 0 Å². The molecular formula is C17H26FN3O2. The Hall–Kier alpha value is -1.66. The average Bonchev–Trinajstić information content (AvgIpc) is 2.55. The van der Waals surface area contributed by atoms with Crippen molar-refractivity contribution in [3.63, 3.8) is 0 Å². The second kappa shape index (κ2) is 8.84. The number of halogens is 1. The molecule has 1 heterocycles. The van der Waals surface area contributed by atoms with Crippen LogP contribution in [0.4, 0.5) is 14.9 Å². The summed E-state index contributed by atoms with van der Waals surface area (Å²) < 4.78 is 18.6. The lowest BCUT2D eigenvalue weighted by Crippen LogP contribution is -2.50. The van der Waals surface area contributed by atoms with E-state index < -0.39 is 0 Å². The number of piperazine rings is 1. The van der Waals surface area contributed by atoms with Gasteiger partial charge in [0.2, 0.25) is 0 Å². The van der Waals surface area contributed by atoms with E-state index >= 15 is 0 Å². The lowest BCUT2D eigenvalue weighted by atomic mass is 10.2. The van der Waals surface area contributed by atoms with Crippen molar-refractivity contribution in [2.24, 2.45) is 0 Å². The molecule has 2 rings (SSSR count). The summed E-state index contributed by atoms with van der Waals surface area (Å²) in [5.74, 6) is -0.292. The normalized spacial score (nSPS) is 15.7. The topological polar surface area (TPSA) is 44.8 Å². The number of aryl methyl sites for hydroxylation is 1. The summed E-state index contributed by atoms with van der Waals surface area (Å²) in [7, 11) is 0. The zero-order valence-electron chi connectivity index (χ0n) is 14.0. The summed E-state index contributed by atoms with van der Waals surface area (Å²) in [6.45, 7) is 9.43. The van der Waals surface area contributed by atoms with Crippen LogP contribution in [-0.4, -0.2) is 61.8 Å². The molecule has 0 atom stereocenters. The molecule has 23 heavy (non-hydrogen) atoms. The lowest BCUT2D eigenvalue weighted by molar-refractivity contribution is 0.0841. The van der Waals surface area contributed by atoms with Crippen LogP contribution in [0.15, 0.2) is 18.2 Å². The van der Waals surface area contributed by atoms with E-state index in [0.29, 0.717) is 18.8 Å². The number of nitrogens with zero attached hydrogens (tertiary/aromatic N) is 2. The fourth-order valence-corrected chi connectivity index (χ4v) is 2.58. The Morgan fingerprint density at radius 2 is 2.00 bits per heavy atom. The van der Waals surface area contributed by atoms with Gasteiger partial charge >= 0.3 is 6.03 Å². The Labute approximate surface area is 137 Å². The zero-order chi connectivity index (χ0) is 16.7. The molecule has 0 aromatic heterocycles. The Morgan fingerprint density at radius 1 is 1.26 bits per heavy atom. The number of ether oxygens (including phenoxy) is 1. The van der Waals surface area contributed by atoms with Crippen molar-refractivity contribution in [3.05, 3.63) is 29.6 Å². The number of carbonyl (C=O) groups excluding carboxylic acids is 1. The van der Waals surface area contributed by atoms with E-state index in [4.69, 9.17) is 4.74 Å². The number of hydrogen-bond donors (Lipinski definition) is 1. The van der Waals surface area contributed by atoms with Crippen LogP contribution in [-0.2, 0) is 4.74 Å². The van der Waals surface area contributed by atoms with E-state index in [9.17, 15) is 9.18 Å². The van der Waals surface area contributed by atoms with Crippen LogP contribution < -0.4 is 5.32 Å². The van der Waals surface area contributed by atoms with Gasteiger partial charge in [0.05, 0.1) is 6.61 Å². The van der Waals surface area contributed by atoms with Crippen LogP contribution in [0.1, 0.15) is 18.9 Å². The SMILES string of the molecule is CCCOCCN1CCN(C(=O)Nc2ccc(F)cc2C)CC1. The largest absolute Gasteiger partial charge is 0.380 e. The molecule has 0 bridgehead atoms. The Kier molecular flexibility index (Phi) is 6.80. The summed E-state index contributed by atoms with van der Waals surface area (Å²) in [6.07, 6.45) is 1.04. The summed E-state index contributed by atoms with van der Waals surface area (Å²) in [4.78, 5) is 16.4. The quantitative estimate of drug-likeness (QED) is 0.819. The fraction of sp³-hybridized carbons (Fsp3) is 0.588.